The lowest BCUT2D eigenvalue weighted by atomic mass is 10.0. The van der Waals surface area contributed by atoms with Crippen LogP contribution in [0.5, 0.6) is 0 Å². The van der Waals surface area contributed by atoms with E-state index < -0.39 is 0 Å². The predicted molar refractivity (Wildman–Crippen MR) is 74.8 cm³/mol. The highest BCUT2D eigenvalue weighted by Crippen LogP contribution is 2.40. The summed E-state index contributed by atoms with van der Waals surface area (Å²) < 4.78 is 0. The molecule has 2 fully saturated rings. The van der Waals surface area contributed by atoms with Gasteiger partial charge in [0.05, 0.1) is 6.10 Å². The number of para-hydroxylation sites is 1. The SMILES string of the molecule is CCC(O)c1ccccc1N(CC1CC1)C1CC1. The number of benzene rings is 1. The molecule has 0 spiro atoms. The van der Waals surface area contributed by atoms with Crippen LogP contribution in [0.4, 0.5) is 5.69 Å². The van der Waals surface area contributed by atoms with Gasteiger partial charge >= 0.3 is 0 Å². The van der Waals surface area contributed by atoms with Gasteiger partial charge in [-0.05, 0) is 44.1 Å². The van der Waals surface area contributed by atoms with Crippen molar-refractivity contribution in [3.63, 3.8) is 0 Å². The summed E-state index contributed by atoms with van der Waals surface area (Å²) in [5.74, 6) is 0.900. The molecule has 0 radical (unpaired) electrons. The molecule has 0 aliphatic heterocycles. The van der Waals surface area contributed by atoms with Gasteiger partial charge in [0.15, 0.2) is 0 Å². The highest BCUT2D eigenvalue weighted by Gasteiger charge is 2.35. The van der Waals surface area contributed by atoms with Crippen LogP contribution in [0.3, 0.4) is 0 Å². The summed E-state index contributed by atoms with van der Waals surface area (Å²) in [4.78, 5) is 2.56. The van der Waals surface area contributed by atoms with Crippen LogP contribution in [0.15, 0.2) is 24.3 Å². The second kappa shape index (κ2) is 4.93. The van der Waals surface area contributed by atoms with Crippen LogP contribution >= 0.6 is 0 Å². The van der Waals surface area contributed by atoms with Crippen molar-refractivity contribution in [2.24, 2.45) is 5.92 Å². The zero-order valence-corrected chi connectivity index (χ0v) is 11.2. The number of aliphatic hydroxyl groups is 1. The summed E-state index contributed by atoms with van der Waals surface area (Å²) in [7, 11) is 0. The summed E-state index contributed by atoms with van der Waals surface area (Å²) in [6.45, 7) is 3.24. The second-order valence-corrected chi connectivity index (χ2v) is 5.81. The number of hydrogen-bond acceptors (Lipinski definition) is 2. The molecule has 0 amide bonds. The molecule has 2 aliphatic carbocycles. The lowest BCUT2D eigenvalue weighted by Gasteiger charge is -2.28. The van der Waals surface area contributed by atoms with Gasteiger partial charge in [-0.25, -0.2) is 0 Å². The Bertz CT molecular complexity index is 409. The van der Waals surface area contributed by atoms with Crippen molar-refractivity contribution < 1.29 is 5.11 Å². The molecule has 2 aliphatic rings. The van der Waals surface area contributed by atoms with Gasteiger partial charge in [-0.2, -0.15) is 0 Å². The average Bonchev–Trinajstić information content (AvgIpc) is 3.28. The monoisotopic (exact) mass is 245 g/mol. The summed E-state index contributed by atoms with van der Waals surface area (Å²) in [6, 6.07) is 9.15. The fourth-order valence-corrected chi connectivity index (χ4v) is 2.66. The molecule has 2 nitrogen and oxygen atoms in total. The number of anilines is 1. The minimum atomic E-state index is -0.318. The summed E-state index contributed by atoms with van der Waals surface area (Å²) in [5.41, 5.74) is 2.40. The van der Waals surface area contributed by atoms with E-state index in [0.717, 1.165) is 23.9 Å². The van der Waals surface area contributed by atoms with Crippen LogP contribution < -0.4 is 4.90 Å². The quantitative estimate of drug-likeness (QED) is 0.829. The lowest BCUT2D eigenvalue weighted by Crippen LogP contribution is -2.29. The molecule has 0 bridgehead atoms. The normalized spacial score (nSPS) is 20.8. The highest BCUT2D eigenvalue weighted by atomic mass is 16.3. The Morgan fingerprint density at radius 2 is 1.94 bits per heavy atom. The van der Waals surface area contributed by atoms with Crippen molar-refractivity contribution in [1.82, 2.24) is 0 Å². The molecule has 0 saturated heterocycles. The standard InChI is InChI=1S/C16H23NO/c1-2-16(18)14-5-3-4-6-15(14)17(13-9-10-13)11-12-7-8-12/h3-6,12-13,16,18H,2,7-11H2,1H3. The molecule has 98 valence electrons. The topological polar surface area (TPSA) is 23.5 Å². The number of nitrogens with zero attached hydrogens (tertiary/aromatic N) is 1. The maximum Gasteiger partial charge on any atom is 0.0807 e. The number of hydrogen-bond donors (Lipinski definition) is 1. The Kier molecular flexibility index (Phi) is 3.29. The molecule has 1 unspecified atom stereocenters. The molecule has 0 aromatic heterocycles. The van der Waals surface area contributed by atoms with E-state index in [1.165, 1.54) is 37.9 Å². The smallest absolute Gasteiger partial charge is 0.0807 e. The van der Waals surface area contributed by atoms with E-state index in [2.05, 4.69) is 23.1 Å². The first-order chi connectivity index (χ1) is 8.79. The molecular weight excluding hydrogens is 222 g/mol. The molecular formula is C16H23NO. The van der Waals surface area contributed by atoms with Gasteiger partial charge in [-0.3, -0.25) is 0 Å². The number of aliphatic hydroxyl groups excluding tert-OH is 1. The highest BCUT2D eigenvalue weighted by molar-refractivity contribution is 5.56. The molecule has 1 aromatic carbocycles. The third-order valence-corrected chi connectivity index (χ3v) is 4.13. The van der Waals surface area contributed by atoms with Crippen LogP contribution in [0, 0.1) is 5.92 Å². The first kappa shape index (κ1) is 12.0. The Labute approximate surface area is 110 Å². The Hall–Kier alpha value is -1.02. The van der Waals surface area contributed by atoms with Crippen molar-refractivity contribution >= 4 is 5.69 Å². The molecule has 18 heavy (non-hydrogen) atoms. The second-order valence-electron chi connectivity index (χ2n) is 5.81. The predicted octanol–water partition coefficient (Wildman–Crippen LogP) is 3.51. The fourth-order valence-electron chi connectivity index (χ4n) is 2.66. The summed E-state index contributed by atoms with van der Waals surface area (Å²) >= 11 is 0. The van der Waals surface area contributed by atoms with Gasteiger partial charge < -0.3 is 10.0 Å². The average molecular weight is 245 g/mol. The van der Waals surface area contributed by atoms with Gasteiger partial charge in [-0.1, -0.05) is 25.1 Å². The van der Waals surface area contributed by atoms with Crippen molar-refractivity contribution in [1.29, 1.82) is 0 Å². The van der Waals surface area contributed by atoms with Crippen LogP contribution in [0.2, 0.25) is 0 Å². The fraction of sp³-hybridized carbons (Fsp3) is 0.625. The first-order valence-electron chi connectivity index (χ1n) is 7.33. The lowest BCUT2D eigenvalue weighted by molar-refractivity contribution is 0.174. The molecule has 2 saturated carbocycles. The van der Waals surface area contributed by atoms with Crippen molar-refractivity contribution in [2.75, 3.05) is 11.4 Å². The van der Waals surface area contributed by atoms with Gasteiger partial charge in [0.25, 0.3) is 0 Å². The minimum Gasteiger partial charge on any atom is -0.388 e. The van der Waals surface area contributed by atoms with Gasteiger partial charge in [0.1, 0.15) is 0 Å². The Morgan fingerprint density at radius 3 is 2.56 bits per heavy atom. The van der Waals surface area contributed by atoms with E-state index in [4.69, 9.17) is 0 Å². The van der Waals surface area contributed by atoms with E-state index in [-0.39, 0.29) is 6.10 Å². The molecule has 1 N–H and O–H groups in total. The molecule has 2 heteroatoms. The van der Waals surface area contributed by atoms with Crippen molar-refractivity contribution in [2.45, 2.75) is 51.2 Å². The van der Waals surface area contributed by atoms with Gasteiger partial charge in [0, 0.05) is 23.8 Å². The zero-order chi connectivity index (χ0) is 12.5. The zero-order valence-electron chi connectivity index (χ0n) is 11.2. The van der Waals surface area contributed by atoms with E-state index in [1.807, 2.05) is 13.0 Å². The summed E-state index contributed by atoms with van der Waals surface area (Å²) in [6.07, 6.45) is 5.90. The van der Waals surface area contributed by atoms with Crippen molar-refractivity contribution in [3.05, 3.63) is 29.8 Å². The molecule has 3 rings (SSSR count). The molecule has 1 atom stereocenters. The Balaban J connectivity index is 1.87. The van der Waals surface area contributed by atoms with E-state index in [0.29, 0.717) is 0 Å². The van der Waals surface area contributed by atoms with Crippen LogP contribution in [0.1, 0.15) is 50.7 Å². The van der Waals surface area contributed by atoms with Crippen LogP contribution in [0.25, 0.3) is 0 Å². The number of rotatable bonds is 6. The summed E-state index contributed by atoms with van der Waals surface area (Å²) in [5, 5.41) is 10.2. The first-order valence-corrected chi connectivity index (χ1v) is 7.33. The maximum atomic E-state index is 10.2. The van der Waals surface area contributed by atoms with Crippen molar-refractivity contribution in [3.8, 4) is 0 Å². The van der Waals surface area contributed by atoms with E-state index in [1.54, 1.807) is 0 Å². The third kappa shape index (κ3) is 2.54. The minimum absolute atomic E-state index is 0.318. The van der Waals surface area contributed by atoms with Crippen LogP contribution in [-0.2, 0) is 0 Å². The molecule has 1 aromatic rings. The Morgan fingerprint density at radius 1 is 1.22 bits per heavy atom. The van der Waals surface area contributed by atoms with Crippen LogP contribution in [-0.4, -0.2) is 17.7 Å². The van der Waals surface area contributed by atoms with E-state index >= 15 is 0 Å². The largest absolute Gasteiger partial charge is 0.388 e. The van der Waals surface area contributed by atoms with Gasteiger partial charge in [0.2, 0.25) is 0 Å². The maximum absolute atomic E-state index is 10.2. The van der Waals surface area contributed by atoms with Gasteiger partial charge in [-0.15, -0.1) is 0 Å². The molecule has 0 heterocycles. The third-order valence-electron chi connectivity index (χ3n) is 4.13. The van der Waals surface area contributed by atoms with E-state index in [9.17, 15) is 5.11 Å².